The average molecular weight is 301 g/mol. The molecule has 1 aliphatic heterocycles. The quantitative estimate of drug-likeness (QED) is 0.940. The Kier molecular flexibility index (Phi) is 4.93. The molecule has 0 saturated carbocycles. The normalized spacial score (nSPS) is 20.2. The first-order valence-corrected chi connectivity index (χ1v) is 7.03. The molecule has 7 heteroatoms. The molecule has 5 nitrogen and oxygen atoms in total. The number of thiophene rings is 1. The number of rotatable bonds is 3. The van der Waals surface area contributed by atoms with E-state index in [4.69, 9.17) is 10.3 Å². The van der Waals surface area contributed by atoms with Gasteiger partial charge in [-0.3, -0.25) is 4.90 Å². The van der Waals surface area contributed by atoms with Gasteiger partial charge in [0.05, 0.1) is 11.4 Å². The smallest absolute Gasteiger partial charge is 0.241 e. The van der Waals surface area contributed by atoms with Crippen LogP contribution in [-0.2, 0) is 6.54 Å². The van der Waals surface area contributed by atoms with Crippen LogP contribution in [0.4, 0.5) is 0 Å². The van der Waals surface area contributed by atoms with Gasteiger partial charge in [-0.05, 0) is 30.8 Å². The summed E-state index contributed by atoms with van der Waals surface area (Å²) in [5, 5.41) is 6.02. The van der Waals surface area contributed by atoms with Gasteiger partial charge in [-0.15, -0.1) is 23.7 Å². The third-order valence-corrected chi connectivity index (χ3v) is 3.98. The monoisotopic (exact) mass is 300 g/mol. The van der Waals surface area contributed by atoms with E-state index in [0.717, 1.165) is 30.8 Å². The zero-order valence-corrected chi connectivity index (χ0v) is 12.1. The first kappa shape index (κ1) is 14.5. The Bertz CT molecular complexity index is 502. The molecule has 3 rings (SSSR count). The summed E-state index contributed by atoms with van der Waals surface area (Å²) in [6.07, 6.45) is 2.26. The minimum Gasteiger partial charge on any atom is -0.338 e. The topological polar surface area (TPSA) is 68.2 Å². The van der Waals surface area contributed by atoms with Crippen molar-refractivity contribution in [3.05, 3.63) is 23.4 Å². The molecule has 0 amide bonds. The minimum absolute atomic E-state index is 0. The lowest BCUT2D eigenvalue weighted by molar-refractivity contribution is 0.178. The van der Waals surface area contributed by atoms with E-state index in [2.05, 4.69) is 15.0 Å². The summed E-state index contributed by atoms with van der Waals surface area (Å²) in [6.45, 7) is 2.67. The van der Waals surface area contributed by atoms with Crippen molar-refractivity contribution in [1.82, 2.24) is 15.0 Å². The first-order valence-electron chi connectivity index (χ1n) is 6.15. The second kappa shape index (κ2) is 6.47. The molecule has 0 bridgehead atoms. The summed E-state index contributed by atoms with van der Waals surface area (Å²) >= 11 is 1.62. The molecule has 1 fully saturated rings. The van der Waals surface area contributed by atoms with Gasteiger partial charge in [-0.25, -0.2) is 0 Å². The number of piperidine rings is 1. The van der Waals surface area contributed by atoms with Gasteiger partial charge in [0.1, 0.15) is 0 Å². The van der Waals surface area contributed by atoms with Gasteiger partial charge in [0.15, 0.2) is 0 Å². The maximum absolute atomic E-state index is 5.95. The fourth-order valence-electron chi connectivity index (χ4n) is 2.25. The summed E-state index contributed by atoms with van der Waals surface area (Å²) in [4.78, 5) is 7.74. The summed E-state index contributed by atoms with van der Waals surface area (Å²) in [6, 6.07) is 4.26. The van der Waals surface area contributed by atoms with Gasteiger partial charge in [-0.1, -0.05) is 11.2 Å². The minimum atomic E-state index is 0. The number of nitrogens with zero attached hydrogens (tertiary/aromatic N) is 3. The molecule has 0 aromatic carbocycles. The van der Waals surface area contributed by atoms with Crippen molar-refractivity contribution in [2.75, 3.05) is 13.1 Å². The highest BCUT2D eigenvalue weighted by molar-refractivity contribution is 7.13. The zero-order valence-electron chi connectivity index (χ0n) is 10.5. The number of halogens is 1. The third kappa shape index (κ3) is 3.54. The predicted octanol–water partition coefficient (Wildman–Crippen LogP) is 2.14. The molecule has 1 unspecified atom stereocenters. The Hall–Kier alpha value is -0.950. The Balaban J connectivity index is 0.00000133. The molecule has 3 heterocycles. The van der Waals surface area contributed by atoms with Crippen LogP contribution in [0.15, 0.2) is 22.0 Å². The number of aromatic nitrogens is 2. The van der Waals surface area contributed by atoms with Crippen molar-refractivity contribution >= 4 is 23.7 Å². The van der Waals surface area contributed by atoms with E-state index in [9.17, 15) is 0 Å². The predicted molar refractivity (Wildman–Crippen MR) is 77.3 cm³/mol. The van der Waals surface area contributed by atoms with Crippen molar-refractivity contribution in [1.29, 1.82) is 0 Å². The highest BCUT2D eigenvalue weighted by Crippen LogP contribution is 2.22. The second-order valence-electron chi connectivity index (χ2n) is 4.63. The molecule has 0 aliphatic carbocycles. The number of hydrogen-bond acceptors (Lipinski definition) is 6. The lowest BCUT2D eigenvalue weighted by Crippen LogP contribution is -2.42. The third-order valence-electron chi connectivity index (χ3n) is 3.11. The SMILES string of the molecule is Cl.NC1CCCN(Cc2nc(-c3cccs3)no2)C1. The van der Waals surface area contributed by atoms with E-state index in [0.29, 0.717) is 18.3 Å². The van der Waals surface area contributed by atoms with E-state index in [1.54, 1.807) is 11.3 Å². The summed E-state index contributed by atoms with van der Waals surface area (Å²) < 4.78 is 5.29. The number of hydrogen-bond donors (Lipinski definition) is 1. The van der Waals surface area contributed by atoms with Gasteiger partial charge in [0, 0.05) is 12.6 Å². The van der Waals surface area contributed by atoms with Crippen molar-refractivity contribution in [3.63, 3.8) is 0 Å². The van der Waals surface area contributed by atoms with Crippen LogP contribution in [0.2, 0.25) is 0 Å². The van der Waals surface area contributed by atoms with E-state index in [1.165, 1.54) is 0 Å². The summed E-state index contributed by atoms with van der Waals surface area (Å²) in [5.74, 6) is 1.36. The summed E-state index contributed by atoms with van der Waals surface area (Å²) in [7, 11) is 0. The van der Waals surface area contributed by atoms with Gasteiger partial charge in [0.25, 0.3) is 0 Å². The number of nitrogens with two attached hydrogens (primary N) is 1. The van der Waals surface area contributed by atoms with Crippen molar-refractivity contribution < 1.29 is 4.52 Å². The fraction of sp³-hybridized carbons (Fsp3) is 0.500. The Morgan fingerprint density at radius 3 is 3.16 bits per heavy atom. The summed E-state index contributed by atoms with van der Waals surface area (Å²) in [5.41, 5.74) is 5.95. The zero-order chi connectivity index (χ0) is 12.4. The van der Waals surface area contributed by atoms with Crippen molar-refractivity contribution in [2.45, 2.75) is 25.4 Å². The maximum Gasteiger partial charge on any atom is 0.241 e. The largest absolute Gasteiger partial charge is 0.338 e. The molecule has 0 radical (unpaired) electrons. The Labute approximate surface area is 122 Å². The second-order valence-corrected chi connectivity index (χ2v) is 5.57. The van der Waals surface area contributed by atoms with Crippen LogP contribution in [0.1, 0.15) is 18.7 Å². The van der Waals surface area contributed by atoms with Gasteiger partial charge in [0.2, 0.25) is 11.7 Å². The molecular formula is C12H17ClN4OS. The lowest BCUT2D eigenvalue weighted by atomic mass is 10.1. The van der Waals surface area contributed by atoms with Crippen molar-refractivity contribution in [2.24, 2.45) is 5.73 Å². The highest BCUT2D eigenvalue weighted by Gasteiger charge is 2.19. The van der Waals surface area contributed by atoms with E-state index < -0.39 is 0 Å². The Morgan fingerprint density at radius 1 is 1.53 bits per heavy atom. The van der Waals surface area contributed by atoms with Crippen LogP contribution < -0.4 is 5.73 Å². The van der Waals surface area contributed by atoms with Crippen molar-refractivity contribution in [3.8, 4) is 10.7 Å². The standard InChI is InChI=1S/C12H16N4OS.ClH/c13-9-3-1-5-16(7-9)8-11-14-12(15-17-11)10-4-2-6-18-10;/h2,4,6,9H,1,3,5,7-8,13H2;1H. The fourth-order valence-corrected chi connectivity index (χ4v) is 2.90. The average Bonchev–Trinajstić information content (AvgIpc) is 2.98. The van der Waals surface area contributed by atoms with Crippen LogP contribution in [0.5, 0.6) is 0 Å². The van der Waals surface area contributed by atoms with Gasteiger partial charge >= 0.3 is 0 Å². The van der Waals surface area contributed by atoms with Crippen LogP contribution >= 0.6 is 23.7 Å². The molecule has 1 aliphatic rings. The van der Waals surface area contributed by atoms with E-state index in [-0.39, 0.29) is 18.4 Å². The van der Waals surface area contributed by atoms with Crippen LogP contribution in [-0.4, -0.2) is 34.2 Å². The van der Waals surface area contributed by atoms with Crippen LogP contribution in [0.25, 0.3) is 10.7 Å². The Morgan fingerprint density at radius 2 is 2.42 bits per heavy atom. The molecule has 19 heavy (non-hydrogen) atoms. The maximum atomic E-state index is 5.95. The van der Waals surface area contributed by atoms with Gasteiger partial charge in [-0.2, -0.15) is 4.98 Å². The lowest BCUT2D eigenvalue weighted by Gasteiger charge is -2.29. The molecule has 1 atom stereocenters. The number of likely N-dealkylation sites (tertiary alicyclic amines) is 1. The molecule has 0 spiro atoms. The molecule has 1 saturated heterocycles. The molecule has 104 valence electrons. The molecule has 2 aromatic heterocycles. The molecule has 2 N–H and O–H groups in total. The molecule has 2 aromatic rings. The molecular weight excluding hydrogens is 284 g/mol. The highest BCUT2D eigenvalue weighted by atomic mass is 35.5. The van der Waals surface area contributed by atoms with E-state index in [1.807, 2.05) is 17.5 Å². The van der Waals surface area contributed by atoms with Gasteiger partial charge < -0.3 is 10.3 Å². The van der Waals surface area contributed by atoms with Crippen LogP contribution in [0.3, 0.4) is 0 Å². The first-order chi connectivity index (χ1) is 8.81. The van der Waals surface area contributed by atoms with Crippen LogP contribution in [0, 0.1) is 0 Å². The van der Waals surface area contributed by atoms with E-state index >= 15 is 0 Å².